The molecule has 0 aliphatic carbocycles. The van der Waals surface area contributed by atoms with Gasteiger partial charge in [0, 0.05) is 16.4 Å². The van der Waals surface area contributed by atoms with Crippen LogP contribution in [0.3, 0.4) is 0 Å². The van der Waals surface area contributed by atoms with E-state index in [1.54, 1.807) is 4.57 Å². The van der Waals surface area contributed by atoms with Gasteiger partial charge in [0.2, 0.25) is 5.43 Å². The zero-order valence-corrected chi connectivity index (χ0v) is 13.5. The molecule has 2 heterocycles. The molecule has 21 heavy (non-hydrogen) atoms. The van der Waals surface area contributed by atoms with Crippen molar-refractivity contribution in [2.75, 3.05) is 0 Å². The van der Waals surface area contributed by atoms with Gasteiger partial charge in [-0.1, -0.05) is 27.5 Å². The largest absolute Gasteiger partial charge is 0.477 e. The standard InChI is InChI=1S/C14H7BrClNO3S/c15-7-1-3-8(4-2-7)17-6-10(14(19)20)12(18)9-5-11(16)21-13(9)17/h1-6H,(H,19,20). The van der Waals surface area contributed by atoms with Gasteiger partial charge < -0.3 is 9.67 Å². The molecule has 0 radical (unpaired) electrons. The molecule has 0 atom stereocenters. The van der Waals surface area contributed by atoms with E-state index in [0.717, 1.165) is 10.2 Å². The van der Waals surface area contributed by atoms with E-state index in [9.17, 15) is 14.7 Å². The number of aromatic carboxylic acids is 1. The SMILES string of the molecule is O=C(O)c1cn(-c2ccc(Br)cc2)c2sc(Cl)cc2c1=O. The number of carboxylic acids is 1. The maximum atomic E-state index is 12.2. The van der Waals surface area contributed by atoms with Crippen molar-refractivity contribution in [2.45, 2.75) is 0 Å². The molecule has 1 aromatic carbocycles. The highest BCUT2D eigenvalue weighted by Crippen LogP contribution is 2.30. The Morgan fingerprint density at radius 3 is 2.57 bits per heavy atom. The van der Waals surface area contributed by atoms with Gasteiger partial charge in [0.05, 0.1) is 9.72 Å². The average molecular weight is 385 g/mol. The summed E-state index contributed by atoms with van der Waals surface area (Å²) < 4.78 is 3.02. The molecule has 1 N–H and O–H groups in total. The third-order valence-corrected chi connectivity index (χ3v) is 4.78. The summed E-state index contributed by atoms with van der Waals surface area (Å²) in [5, 5.41) is 9.51. The van der Waals surface area contributed by atoms with Crippen molar-refractivity contribution in [2.24, 2.45) is 0 Å². The number of aromatic nitrogens is 1. The van der Waals surface area contributed by atoms with E-state index in [-0.39, 0.29) is 5.56 Å². The van der Waals surface area contributed by atoms with Crippen LogP contribution in [0, 0.1) is 0 Å². The molecule has 0 saturated carbocycles. The second kappa shape index (κ2) is 5.29. The number of halogens is 2. The van der Waals surface area contributed by atoms with E-state index in [1.165, 1.54) is 23.6 Å². The van der Waals surface area contributed by atoms with Crippen LogP contribution < -0.4 is 5.43 Å². The number of thiophene rings is 1. The van der Waals surface area contributed by atoms with Crippen LogP contribution in [0.15, 0.2) is 45.8 Å². The summed E-state index contributed by atoms with van der Waals surface area (Å²) in [6.07, 6.45) is 1.34. The average Bonchev–Trinajstić information content (AvgIpc) is 2.82. The summed E-state index contributed by atoms with van der Waals surface area (Å²) in [7, 11) is 0. The first-order valence-corrected chi connectivity index (χ1v) is 7.80. The van der Waals surface area contributed by atoms with E-state index >= 15 is 0 Å². The lowest BCUT2D eigenvalue weighted by molar-refractivity contribution is 0.0695. The fourth-order valence-corrected chi connectivity index (χ4v) is 3.50. The third kappa shape index (κ3) is 2.50. The van der Waals surface area contributed by atoms with Crippen molar-refractivity contribution in [1.29, 1.82) is 0 Å². The van der Waals surface area contributed by atoms with Gasteiger partial charge in [-0.3, -0.25) is 4.79 Å². The highest BCUT2D eigenvalue weighted by Gasteiger charge is 2.17. The number of hydrogen-bond donors (Lipinski definition) is 1. The lowest BCUT2D eigenvalue weighted by Crippen LogP contribution is -2.17. The van der Waals surface area contributed by atoms with E-state index in [1.807, 2.05) is 24.3 Å². The molecule has 106 valence electrons. The fourth-order valence-electron chi connectivity index (χ4n) is 2.03. The second-order valence-corrected chi connectivity index (χ2v) is 6.87. The number of carboxylic acid groups (broad SMARTS) is 1. The molecule has 0 aliphatic rings. The van der Waals surface area contributed by atoms with Crippen LogP contribution in [-0.2, 0) is 0 Å². The fraction of sp³-hybridized carbons (Fsp3) is 0. The van der Waals surface area contributed by atoms with Crippen molar-refractivity contribution in [3.05, 3.63) is 61.1 Å². The molecular weight excluding hydrogens is 378 g/mol. The molecule has 0 bridgehead atoms. The lowest BCUT2D eigenvalue weighted by Gasteiger charge is -2.09. The zero-order chi connectivity index (χ0) is 15.1. The van der Waals surface area contributed by atoms with Crippen LogP contribution in [-0.4, -0.2) is 15.6 Å². The van der Waals surface area contributed by atoms with Crippen molar-refractivity contribution >= 4 is 55.1 Å². The Bertz CT molecular complexity index is 914. The second-order valence-electron chi connectivity index (χ2n) is 4.29. The van der Waals surface area contributed by atoms with E-state index in [0.29, 0.717) is 14.6 Å². The molecule has 3 rings (SSSR count). The quantitative estimate of drug-likeness (QED) is 0.721. The van der Waals surface area contributed by atoms with Crippen molar-refractivity contribution < 1.29 is 9.90 Å². The smallest absolute Gasteiger partial charge is 0.341 e. The van der Waals surface area contributed by atoms with Crippen LogP contribution >= 0.6 is 38.9 Å². The number of carbonyl (C=O) groups is 1. The number of nitrogens with zero attached hydrogens (tertiary/aromatic N) is 1. The molecule has 0 spiro atoms. The van der Waals surface area contributed by atoms with Gasteiger partial charge >= 0.3 is 5.97 Å². The van der Waals surface area contributed by atoms with Crippen LogP contribution in [0.1, 0.15) is 10.4 Å². The highest BCUT2D eigenvalue weighted by atomic mass is 79.9. The molecule has 0 aliphatic heterocycles. The van der Waals surface area contributed by atoms with Gasteiger partial charge in [-0.05, 0) is 30.3 Å². The third-order valence-electron chi connectivity index (χ3n) is 2.98. The minimum Gasteiger partial charge on any atom is -0.477 e. The first kappa shape index (κ1) is 14.3. The van der Waals surface area contributed by atoms with Gasteiger partial charge in [0.25, 0.3) is 0 Å². The predicted molar refractivity (Wildman–Crippen MR) is 87.1 cm³/mol. The maximum Gasteiger partial charge on any atom is 0.341 e. The summed E-state index contributed by atoms with van der Waals surface area (Å²) in [5.41, 5.74) is -0.0434. The van der Waals surface area contributed by atoms with Crippen molar-refractivity contribution in [3.63, 3.8) is 0 Å². The molecule has 0 amide bonds. The van der Waals surface area contributed by atoms with Crippen LogP contribution in [0.4, 0.5) is 0 Å². The number of fused-ring (bicyclic) bond motifs is 1. The van der Waals surface area contributed by atoms with Gasteiger partial charge in [0.1, 0.15) is 10.4 Å². The Balaban J connectivity index is 2.40. The first-order valence-electron chi connectivity index (χ1n) is 5.81. The van der Waals surface area contributed by atoms with Gasteiger partial charge in [-0.15, -0.1) is 11.3 Å². The van der Waals surface area contributed by atoms with E-state index in [4.69, 9.17) is 11.6 Å². The summed E-state index contributed by atoms with van der Waals surface area (Å²) in [6.45, 7) is 0. The molecule has 4 nitrogen and oxygen atoms in total. The summed E-state index contributed by atoms with van der Waals surface area (Å²) >= 11 is 10.6. The predicted octanol–water partition coefficient (Wildman–Crippen LogP) is 4.17. The summed E-state index contributed by atoms with van der Waals surface area (Å²) in [4.78, 5) is 24.0. The van der Waals surface area contributed by atoms with E-state index < -0.39 is 11.4 Å². The van der Waals surface area contributed by atoms with Crippen LogP contribution in [0.2, 0.25) is 4.34 Å². The molecular formula is C14H7BrClNO3S. The number of rotatable bonds is 2. The number of hydrogen-bond acceptors (Lipinski definition) is 3. The monoisotopic (exact) mass is 383 g/mol. The Morgan fingerprint density at radius 1 is 1.29 bits per heavy atom. The topological polar surface area (TPSA) is 59.3 Å². The molecule has 0 unspecified atom stereocenters. The Kier molecular flexibility index (Phi) is 3.61. The van der Waals surface area contributed by atoms with Gasteiger partial charge in [0.15, 0.2) is 0 Å². The molecule has 0 saturated heterocycles. The minimum atomic E-state index is -1.25. The van der Waals surface area contributed by atoms with Gasteiger partial charge in [-0.2, -0.15) is 0 Å². The first-order chi connectivity index (χ1) is 9.97. The molecule has 7 heteroatoms. The Morgan fingerprint density at radius 2 is 1.95 bits per heavy atom. The van der Waals surface area contributed by atoms with Crippen LogP contribution in [0.5, 0.6) is 0 Å². The molecule has 3 aromatic rings. The van der Waals surface area contributed by atoms with Crippen molar-refractivity contribution in [3.8, 4) is 5.69 Å². The molecule has 2 aromatic heterocycles. The molecule has 0 fully saturated rings. The summed E-state index contributed by atoms with van der Waals surface area (Å²) in [6, 6.07) is 8.84. The summed E-state index contributed by atoms with van der Waals surface area (Å²) in [5.74, 6) is -1.25. The zero-order valence-electron chi connectivity index (χ0n) is 10.3. The Labute approximate surface area is 136 Å². The number of pyridine rings is 1. The van der Waals surface area contributed by atoms with Gasteiger partial charge in [-0.25, -0.2) is 4.79 Å². The highest BCUT2D eigenvalue weighted by molar-refractivity contribution is 9.10. The minimum absolute atomic E-state index is 0.278. The Hall–Kier alpha value is -1.63. The normalized spacial score (nSPS) is 11.0. The van der Waals surface area contributed by atoms with Crippen molar-refractivity contribution in [1.82, 2.24) is 4.57 Å². The maximum absolute atomic E-state index is 12.2. The van der Waals surface area contributed by atoms with Crippen LogP contribution in [0.25, 0.3) is 15.9 Å². The number of benzene rings is 1. The lowest BCUT2D eigenvalue weighted by atomic mass is 10.2. The van der Waals surface area contributed by atoms with E-state index in [2.05, 4.69) is 15.9 Å².